The summed E-state index contributed by atoms with van der Waals surface area (Å²) in [5.41, 5.74) is 2.10. The van der Waals surface area contributed by atoms with Gasteiger partial charge in [-0.25, -0.2) is 0 Å². The van der Waals surface area contributed by atoms with Gasteiger partial charge in [0.1, 0.15) is 11.8 Å². The Labute approximate surface area is 174 Å². The predicted molar refractivity (Wildman–Crippen MR) is 115 cm³/mol. The second-order valence-corrected chi connectivity index (χ2v) is 7.54. The largest absolute Gasteiger partial charge is 0.484 e. The van der Waals surface area contributed by atoms with Crippen LogP contribution >= 0.6 is 22.6 Å². The number of aryl methyl sites for hydroxylation is 1. The molecule has 2 rings (SSSR count). The van der Waals surface area contributed by atoms with Crippen LogP contribution in [0.2, 0.25) is 0 Å². The van der Waals surface area contributed by atoms with Gasteiger partial charge in [-0.15, -0.1) is 0 Å². The number of rotatable bonds is 8. The molecule has 0 bridgehead atoms. The zero-order valence-corrected chi connectivity index (χ0v) is 18.0. The first-order valence-corrected chi connectivity index (χ1v) is 9.97. The molecule has 1 atom stereocenters. The molecule has 0 aliphatic heterocycles. The summed E-state index contributed by atoms with van der Waals surface area (Å²) in [5.74, 6) is 0.241. The van der Waals surface area contributed by atoms with E-state index in [2.05, 4.69) is 27.9 Å². The zero-order chi connectivity index (χ0) is 19.8. The molecule has 0 heterocycles. The normalized spacial score (nSPS) is 11.6. The maximum absolute atomic E-state index is 12.9. The van der Waals surface area contributed by atoms with Gasteiger partial charge in [0.2, 0.25) is 5.91 Å². The maximum Gasteiger partial charge on any atom is 0.261 e. The number of benzene rings is 2. The lowest BCUT2D eigenvalue weighted by atomic mass is 10.1. The van der Waals surface area contributed by atoms with Gasteiger partial charge in [0.15, 0.2) is 6.61 Å². The average molecular weight is 480 g/mol. The highest BCUT2D eigenvalue weighted by atomic mass is 127. The van der Waals surface area contributed by atoms with E-state index in [1.807, 2.05) is 62.4 Å². The Morgan fingerprint density at radius 1 is 1.19 bits per heavy atom. The van der Waals surface area contributed by atoms with Crippen molar-refractivity contribution in [2.45, 2.75) is 32.9 Å². The number of likely N-dealkylation sites (N-methyl/N-ethyl adjacent to an activating group) is 1. The van der Waals surface area contributed by atoms with Crippen molar-refractivity contribution in [3.63, 3.8) is 0 Å². The van der Waals surface area contributed by atoms with Crippen LogP contribution in [0.3, 0.4) is 0 Å². The van der Waals surface area contributed by atoms with Crippen LogP contribution < -0.4 is 10.1 Å². The molecular weight excluding hydrogens is 455 g/mol. The number of hydrogen-bond donors (Lipinski definition) is 1. The fraction of sp³-hybridized carbons (Fsp3) is 0.333. The lowest BCUT2D eigenvalue weighted by molar-refractivity contribution is -0.142. The molecular formula is C21H25IN2O3. The molecule has 27 heavy (non-hydrogen) atoms. The van der Waals surface area contributed by atoms with Crippen LogP contribution in [-0.4, -0.2) is 36.4 Å². The van der Waals surface area contributed by atoms with Crippen LogP contribution in [0.15, 0.2) is 48.5 Å². The second-order valence-electron chi connectivity index (χ2n) is 6.29. The summed E-state index contributed by atoms with van der Waals surface area (Å²) in [6, 6.07) is 14.9. The van der Waals surface area contributed by atoms with E-state index >= 15 is 0 Å². The lowest BCUT2D eigenvalue weighted by Crippen LogP contribution is -2.49. The molecule has 1 N–H and O–H groups in total. The highest BCUT2D eigenvalue weighted by molar-refractivity contribution is 14.1. The van der Waals surface area contributed by atoms with Crippen molar-refractivity contribution >= 4 is 34.4 Å². The standard InChI is InChI=1S/C21H25IN2O3/c1-4-19(21(26)23-3)24(13-16-7-5-6-15(2)12-16)20(25)14-27-18-10-8-17(22)9-11-18/h5-12,19H,4,13-14H2,1-3H3,(H,23,26)/t19-/m1/s1. The van der Waals surface area contributed by atoms with Crippen LogP contribution in [0.1, 0.15) is 24.5 Å². The van der Waals surface area contributed by atoms with Crippen molar-refractivity contribution in [2.24, 2.45) is 0 Å². The molecule has 2 amide bonds. The Bertz CT molecular complexity index is 777. The molecule has 0 aliphatic carbocycles. The highest BCUT2D eigenvalue weighted by Crippen LogP contribution is 2.16. The van der Waals surface area contributed by atoms with Crippen molar-refractivity contribution < 1.29 is 14.3 Å². The van der Waals surface area contributed by atoms with Crippen molar-refractivity contribution in [3.8, 4) is 5.75 Å². The first-order chi connectivity index (χ1) is 12.9. The van der Waals surface area contributed by atoms with Crippen LogP contribution in [0.25, 0.3) is 0 Å². The van der Waals surface area contributed by atoms with Crippen molar-refractivity contribution in [3.05, 3.63) is 63.2 Å². The van der Waals surface area contributed by atoms with Gasteiger partial charge < -0.3 is 15.0 Å². The maximum atomic E-state index is 12.9. The number of carbonyl (C=O) groups is 2. The van der Waals surface area contributed by atoms with E-state index in [9.17, 15) is 9.59 Å². The van der Waals surface area contributed by atoms with Crippen molar-refractivity contribution in [1.29, 1.82) is 0 Å². The molecule has 2 aromatic carbocycles. The number of halogens is 1. The Balaban J connectivity index is 2.17. The van der Waals surface area contributed by atoms with Gasteiger partial charge in [-0.1, -0.05) is 36.8 Å². The van der Waals surface area contributed by atoms with Gasteiger partial charge in [0.25, 0.3) is 5.91 Å². The summed E-state index contributed by atoms with van der Waals surface area (Å²) in [6.07, 6.45) is 0.529. The Morgan fingerprint density at radius 2 is 1.89 bits per heavy atom. The third-order valence-electron chi connectivity index (χ3n) is 4.24. The molecule has 0 saturated carbocycles. The highest BCUT2D eigenvalue weighted by Gasteiger charge is 2.28. The first-order valence-electron chi connectivity index (χ1n) is 8.89. The van der Waals surface area contributed by atoms with Crippen molar-refractivity contribution in [1.82, 2.24) is 10.2 Å². The molecule has 0 aliphatic rings. The van der Waals surface area contributed by atoms with Crippen LogP contribution in [0.5, 0.6) is 5.75 Å². The number of ether oxygens (including phenoxy) is 1. The minimum absolute atomic E-state index is 0.111. The van der Waals surface area contributed by atoms with Crippen LogP contribution in [0, 0.1) is 10.5 Å². The number of nitrogens with one attached hydrogen (secondary N) is 1. The average Bonchev–Trinajstić information content (AvgIpc) is 2.67. The monoisotopic (exact) mass is 480 g/mol. The minimum atomic E-state index is -0.539. The molecule has 144 valence electrons. The Hall–Kier alpha value is -2.09. The third kappa shape index (κ3) is 6.23. The number of amides is 2. The predicted octanol–water partition coefficient (Wildman–Crippen LogP) is 3.53. The van der Waals surface area contributed by atoms with E-state index in [-0.39, 0.29) is 18.4 Å². The van der Waals surface area contributed by atoms with Gasteiger partial charge in [-0.3, -0.25) is 9.59 Å². The fourth-order valence-corrected chi connectivity index (χ4v) is 3.21. The SMILES string of the molecule is CC[C@H](C(=O)NC)N(Cc1cccc(C)c1)C(=O)COc1ccc(I)cc1. The van der Waals surface area contributed by atoms with E-state index in [1.54, 1.807) is 11.9 Å². The molecule has 5 nitrogen and oxygen atoms in total. The fourth-order valence-electron chi connectivity index (χ4n) is 2.85. The lowest BCUT2D eigenvalue weighted by Gasteiger charge is -2.30. The Morgan fingerprint density at radius 3 is 2.48 bits per heavy atom. The van der Waals surface area contributed by atoms with E-state index in [4.69, 9.17) is 4.74 Å². The zero-order valence-electron chi connectivity index (χ0n) is 15.9. The third-order valence-corrected chi connectivity index (χ3v) is 4.96. The molecule has 0 unspecified atom stereocenters. The van der Waals surface area contributed by atoms with Crippen LogP contribution in [0.4, 0.5) is 0 Å². The summed E-state index contributed by atoms with van der Waals surface area (Å²) in [5, 5.41) is 2.65. The molecule has 6 heteroatoms. The van der Waals surface area contributed by atoms with E-state index < -0.39 is 6.04 Å². The summed E-state index contributed by atoms with van der Waals surface area (Å²) in [6.45, 7) is 4.16. The van der Waals surface area contributed by atoms with Gasteiger partial charge >= 0.3 is 0 Å². The summed E-state index contributed by atoms with van der Waals surface area (Å²) < 4.78 is 6.74. The molecule has 0 saturated heterocycles. The summed E-state index contributed by atoms with van der Waals surface area (Å²) in [4.78, 5) is 26.8. The number of carbonyl (C=O) groups excluding carboxylic acids is 2. The smallest absolute Gasteiger partial charge is 0.261 e. The van der Waals surface area contributed by atoms with E-state index in [0.29, 0.717) is 18.7 Å². The van der Waals surface area contributed by atoms with Gasteiger partial charge in [0.05, 0.1) is 0 Å². The quantitative estimate of drug-likeness (QED) is 0.589. The molecule has 0 radical (unpaired) electrons. The molecule has 0 spiro atoms. The summed E-state index contributed by atoms with van der Waals surface area (Å²) >= 11 is 2.21. The van der Waals surface area contributed by atoms with E-state index in [0.717, 1.165) is 14.7 Å². The van der Waals surface area contributed by atoms with Crippen LogP contribution in [-0.2, 0) is 16.1 Å². The number of hydrogen-bond acceptors (Lipinski definition) is 3. The molecule has 2 aromatic rings. The second kappa shape index (κ2) is 10.3. The summed E-state index contributed by atoms with van der Waals surface area (Å²) in [7, 11) is 1.59. The first kappa shape index (κ1) is 21.2. The van der Waals surface area contributed by atoms with E-state index in [1.165, 1.54) is 0 Å². The minimum Gasteiger partial charge on any atom is -0.484 e. The van der Waals surface area contributed by atoms with Gasteiger partial charge in [-0.05, 0) is 65.8 Å². The molecule has 0 fully saturated rings. The Kier molecular flexibility index (Phi) is 8.09. The van der Waals surface area contributed by atoms with Crippen molar-refractivity contribution in [2.75, 3.05) is 13.7 Å². The van der Waals surface area contributed by atoms with Gasteiger partial charge in [0, 0.05) is 17.2 Å². The number of nitrogens with zero attached hydrogens (tertiary/aromatic N) is 1. The molecule has 0 aromatic heterocycles. The topological polar surface area (TPSA) is 58.6 Å². The van der Waals surface area contributed by atoms with Gasteiger partial charge in [-0.2, -0.15) is 0 Å².